The SMILES string of the molecule is CCOc1cccc([N+](=O)[O-])c1C(=O)N1CC[C@@H](O)C1. The third kappa shape index (κ3) is 2.72. The molecule has 1 aromatic carbocycles. The molecule has 2 rings (SSSR count). The molecule has 1 N–H and O–H groups in total. The number of β-amino-alcohol motifs (C(OH)–C–C–N with tert-alkyl or cyclic N) is 1. The molecule has 0 radical (unpaired) electrons. The Morgan fingerprint density at radius 1 is 1.60 bits per heavy atom. The molecule has 0 unspecified atom stereocenters. The molecule has 0 saturated carbocycles. The summed E-state index contributed by atoms with van der Waals surface area (Å²) in [5, 5.41) is 20.6. The van der Waals surface area contributed by atoms with Crippen LogP contribution in [0.4, 0.5) is 5.69 Å². The van der Waals surface area contributed by atoms with Crippen LogP contribution in [0.15, 0.2) is 18.2 Å². The van der Waals surface area contributed by atoms with E-state index in [9.17, 15) is 20.0 Å². The monoisotopic (exact) mass is 280 g/mol. The number of carbonyl (C=O) groups is 1. The number of nitro groups is 1. The zero-order chi connectivity index (χ0) is 14.7. The summed E-state index contributed by atoms with van der Waals surface area (Å²) in [6, 6.07) is 4.30. The Kier molecular flexibility index (Phi) is 4.19. The van der Waals surface area contributed by atoms with Gasteiger partial charge in [-0.05, 0) is 19.4 Å². The highest BCUT2D eigenvalue weighted by molar-refractivity contribution is 6.01. The van der Waals surface area contributed by atoms with Gasteiger partial charge in [0.2, 0.25) is 0 Å². The highest BCUT2D eigenvalue weighted by Gasteiger charge is 2.32. The quantitative estimate of drug-likeness (QED) is 0.660. The highest BCUT2D eigenvalue weighted by Crippen LogP contribution is 2.30. The summed E-state index contributed by atoms with van der Waals surface area (Å²) >= 11 is 0. The zero-order valence-electron chi connectivity index (χ0n) is 11.1. The number of hydrogen-bond acceptors (Lipinski definition) is 5. The predicted octanol–water partition coefficient (Wildman–Crippen LogP) is 1.20. The number of aliphatic hydroxyl groups is 1. The standard InChI is InChI=1S/C13H16N2O5/c1-2-20-11-5-3-4-10(15(18)19)12(11)13(17)14-7-6-9(16)8-14/h3-5,9,16H,2,6-8H2,1H3/t9-/m1/s1. The molecule has 108 valence electrons. The Bertz CT molecular complexity index is 531. The van der Waals surface area contributed by atoms with E-state index in [0.717, 1.165) is 0 Å². The number of nitrogens with zero attached hydrogens (tertiary/aromatic N) is 2. The van der Waals surface area contributed by atoms with E-state index >= 15 is 0 Å². The first kappa shape index (κ1) is 14.3. The normalized spacial score (nSPS) is 18.1. The van der Waals surface area contributed by atoms with Crippen LogP contribution in [0.3, 0.4) is 0 Å². The topological polar surface area (TPSA) is 92.9 Å². The minimum atomic E-state index is -0.595. The molecule has 7 nitrogen and oxygen atoms in total. The molecular weight excluding hydrogens is 264 g/mol. The summed E-state index contributed by atoms with van der Waals surface area (Å²) in [5.74, 6) is -0.273. The largest absolute Gasteiger partial charge is 0.493 e. The van der Waals surface area contributed by atoms with Crippen LogP contribution in [0.2, 0.25) is 0 Å². The van der Waals surface area contributed by atoms with Gasteiger partial charge in [-0.15, -0.1) is 0 Å². The number of amides is 1. The average Bonchev–Trinajstić information content (AvgIpc) is 2.84. The smallest absolute Gasteiger partial charge is 0.285 e. The van der Waals surface area contributed by atoms with Gasteiger partial charge in [-0.3, -0.25) is 14.9 Å². The van der Waals surface area contributed by atoms with E-state index in [-0.39, 0.29) is 23.5 Å². The Balaban J connectivity index is 2.41. The van der Waals surface area contributed by atoms with Gasteiger partial charge in [-0.1, -0.05) is 6.07 Å². The third-order valence-electron chi connectivity index (χ3n) is 3.17. The van der Waals surface area contributed by atoms with Gasteiger partial charge in [-0.25, -0.2) is 0 Å². The van der Waals surface area contributed by atoms with Crippen LogP contribution < -0.4 is 4.74 Å². The van der Waals surface area contributed by atoms with Gasteiger partial charge in [0.15, 0.2) is 5.56 Å². The molecule has 0 aromatic heterocycles. The molecule has 1 saturated heterocycles. The average molecular weight is 280 g/mol. The van der Waals surface area contributed by atoms with E-state index in [4.69, 9.17) is 4.74 Å². The third-order valence-corrected chi connectivity index (χ3v) is 3.17. The highest BCUT2D eigenvalue weighted by atomic mass is 16.6. The first-order chi connectivity index (χ1) is 9.54. The molecular formula is C13H16N2O5. The van der Waals surface area contributed by atoms with Crippen LogP contribution in [0.25, 0.3) is 0 Å². The van der Waals surface area contributed by atoms with Crippen molar-refractivity contribution >= 4 is 11.6 Å². The Morgan fingerprint density at radius 2 is 2.35 bits per heavy atom. The van der Waals surface area contributed by atoms with Crippen molar-refractivity contribution in [2.24, 2.45) is 0 Å². The summed E-state index contributed by atoms with van der Waals surface area (Å²) in [4.78, 5) is 24.4. The van der Waals surface area contributed by atoms with Crippen molar-refractivity contribution in [3.8, 4) is 5.75 Å². The van der Waals surface area contributed by atoms with Crippen LogP contribution in [-0.4, -0.2) is 46.6 Å². The molecule has 1 aliphatic heterocycles. The molecule has 20 heavy (non-hydrogen) atoms. The predicted molar refractivity (Wildman–Crippen MR) is 70.8 cm³/mol. The van der Waals surface area contributed by atoms with Crippen molar-refractivity contribution in [3.05, 3.63) is 33.9 Å². The summed E-state index contributed by atoms with van der Waals surface area (Å²) in [6.07, 6.45) is -0.0895. The van der Waals surface area contributed by atoms with Crippen molar-refractivity contribution in [2.45, 2.75) is 19.4 Å². The molecule has 0 aliphatic carbocycles. The number of aliphatic hydroxyl groups excluding tert-OH is 1. The summed E-state index contributed by atoms with van der Waals surface area (Å²) in [7, 11) is 0. The molecule has 0 bridgehead atoms. The van der Waals surface area contributed by atoms with E-state index in [1.54, 1.807) is 6.92 Å². The Morgan fingerprint density at radius 3 is 2.90 bits per heavy atom. The van der Waals surface area contributed by atoms with Crippen LogP contribution >= 0.6 is 0 Å². The second kappa shape index (κ2) is 5.87. The van der Waals surface area contributed by atoms with E-state index in [1.807, 2.05) is 0 Å². The van der Waals surface area contributed by atoms with E-state index in [1.165, 1.54) is 23.1 Å². The number of hydrogen-bond donors (Lipinski definition) is 1. The van der Waals surface area contributed by atoms with Gasteiger partial charge >= 0.3 is 0 Å². The molecule has 1 heterocycles. The second-order valence-electron chi connectivity index (χ2n) is 4.53. The van der Waals surface area contributed by atoms with E-state index < -0.39 is 16.9 Å². The van der Waals surface area contributed by atoms with Gasteiger partial charge in [0, 0.05) is 19.2 Å². The lowest BCUT2D eigenvalue weighted by Gasteiger charge is -2.17. The fourth-order valence-corrected chi connectivity index (χ4v) is 2.25. The molecule has 1 fully saturated rings. The van der Waals surface area contributed by atoms with Gasteiger partial charge < -0.3 is 14.7 Å². The lowest BCUT2D eigenvalue weighted by molar-refractivity contribution is -0.385. The van der Waals surface area contributed by atoms with Crippen molar-refractivity contribution in [1.82, 2.24) is 4.90 Å². The number of likely N-dealkylation sites (tertiary alicyclic amines) is 1. The van der Waals surface area contributed by atoms with Gasteiger partial charge in [0.1, 0.15) is 5.75 Å². The molecule has 1 amide bonds. The van der Waals surface area contributed by atoms with Crippen LogP contribution in [0, 0.1) is 10.1 Å². The first-order valence-corrected chi connectivity index (χ1v) is 6.42. The van der Waals surface area contributed by atoms with Crippen molar-refractivity contribution in [3.63, 3.8) is 0 Å². The van der Waals surface area contributed by atoms with Crippen LogP contribution in [0.1, 0.15) is 23.7 Å². The Labute approximate surface area is 115 Å². The van der Waals surface area contributed by atoms with Gasteiger partial charge in [0.25, 0.3) is 11.6 Å². The maximum absolute atomic E-state index is 12.4. The lowest BCUT2D eigenvalue weighted by atomic mass is 10.1. The number of benzene rings is 1. The van der Waals surface area contributed by atoms with Gasteiger partial charge in [0.05, 0.1) is 17.6 Å². The number of carbonyl (C=O) groups excluding carboxylic acids is 1. The van der Waals surface area contributed by atoms with E-state index in [2.05, 4.69) is 0 Å². The first-order valence-electron chi connectivity index (χ1n) is 6.42. The number of rotatable bonds is 4. The van der Waals surface area contributed by atoms with Crippen molar-refractivity contribution in [2.75, 3.05) is 19.7 Å². The minimum absolute atomic E-state index is 0.0477. The maximum atomic E-state index is 12.4. The summed E-state index contributed by atoms with van der Waals surface area (Å²) < 4.78 is 5.32. The van der Waals surface area contributed by atoms with Crippen LogP contribution in [0.5, 0.6) is 5.75 Å². The fourth-order valence-electron chi connectivity index (χ4n) is 2.25. The number of ether oxygens (including phenoxy) is 1. The molecule has 1 atom stereocenters. The maximum Gasteiger partial charge on any atom is 0.285 e. The molecule has 1 aromatic rings. The lowest BCUT2D eigenvalue weighted by Crippen LogP contribution is -2.30. The minimum Gasteiger partial charge on any atom is -0.493 e. The summed E-state index contributed by atoms with van der Waals surface area (Å²) in [6.45, 7) is 2.63. The number of nitro benzene ring substituents is 1. The fraction of sp³-hybridized carbons (Fsp3) is 0.462. The van der Waals surface area contributed by atoms with E-state index in [0.29, 0.717) is 19.6 Å². The van der Waals surface area contributed by atoms with Crippen molar-refractivity contribution < 1.29 is 19.6 Å². The second-order valence-corrected chi connectivity index (χ2v) is 4.53. The molecule has 1 aliphatic rings. The molecule has 7 heteroatoms. The van der Waals surface area contributed by atoms with Gasteiger partial charge in [-0.2, -0.15) is 0 Å². The summed E-state index contributed by atoms with van der Waals surface area (Å²) in [5.41, 5.74) is -0.323. The zero-order valence-corrected chi connectivity index (χ0v) is 11.1. The van der Waals surface area contributed by atoms with Crippen molar-refractivity contribution in [1.29, 1.82) is 0 Å². The van der Waals surface area contributed by atoms with Crippen LogP contribution in [-0.2, 0) is 0 Å². The molecule has 0 spiro atoms. The Hall–Kier alpha value is -2.15.